The Balaban J connectivity index is 1.96. The van der Waals surface area contributed by atoms with Crippen LogP contribution in [0.25, 0.3) is 0 Å². The molecule has 1 N–H and O–H groups in total. The molecule has 0 saturated carbocycles. The monoisotopic (exact) mass is 361 g/mol. The van der Waals surface area contributed by atoms with E-state index in [2.05, 4.69) is 4.90 Å². The SMILES string of the molecule is CN1CCC(OC(=O)O)(c2ccccc2Sc2ccc(F)cc2)CC1. The topological polar surface area (TPSA) is 49.8 Å². The maximum atomic E-state index is 13.1. The molecule has 0 amide bonds. The minimum Gasteiger partial charge on any atom is -0.450 e. The van der Waals surface area contributed by atoms with E-state index in [1.807, 2.05) is 31.3 Å². The van der Waals surface area contributed by atoms with Crippen LogP contribution in [0, 0.1) is 5.82 Å². The number of piperidine rings is 1. The summed E-state index contributed by atoms with van der Waals surface area (Å²) in [7, 11) is 2.02. The van der Waals surface area contributed by atoms with Crippen LogP contribution < -0.4 is 0 Å². The number of likely N-dealkylation sites (tertiary alicyclic amines) is 1. The van der Waals surface area contributed by atoms with Crippen LogP contribution in [0.15, 0.2) is 58.3 Å². The number of nitrogens with zero attached hydrogens (tertiary/aromatic N) is 1. The van der Waals surface area contributed by atoms with Crippen LogP contribution in [-0.2, 0) is 10.3 Å². The smallest absolute Gasteiger partial charge is 0.450 e. The molecular weight excluding hydrogens is 341 g/mol. The van der Waals surface area contributed by atoms with Crippen molar-refractivity contribution >= 4 is 17.9 Å². The average molecular weight is 361 g/mol. The maximum Gasteiger partial charge on any atom is 0.506 e. The van der Waals surface area contributed by atoms with Crippen molar-refractivity contribution in [3.63, 3.8) is 0 Å². The molecule has 0 aliphatic carbocycles. The van der Waals surface area contributed by atoms with Crippen LogP contribution in [0.2, 0.25) is 0 Å². The summed E-state index contributed by atoms with van der Waals surface area (Å²) in [5.41, 5.74) is 0.0296. The van der Waals surface area contributed by atoms with Gasteiger partial charge in [0.25, 0.3) is 0 Å². The molecule has 0 spiro atoms. The highest BCUT2D eigenvalue weighted by Gasteiger charge is 2.41. The molecule has 1 aliphatic heterocycles. The lowest BCUT2D eigenvalue weighted by atomic mass is 9.84. The molecular formula is C19H20FNO3S. The summed E-state index contributed by atoms with van der Waals surface area (Å²) in [6.45, 7) is 1.53. The Morgan fingerprint density at radius 1 is 1.16 bits per heavy atom. The first-order chi connectivity index (χ1) is 12.0. The largest absolute Gasteiger partial charge is 0.506 e. The highest BCUT2D eigenvalue weighted by Crippen LogP contribution is 2.43. The zero-order valence-corrected chi connectivity index (χ0v) is 14.8. The molecule has 1 heterocycles. The van der Waals surface area contributed by atoms with Crippen molar-refractivity contribution in [1.29, 1.82) is 0 Å². The van der Waals surface area contributed by atoms with Crippen molar-refractivity contribution in [3.8, 4) is 0 Å². The molecule has 1 saturated heterocycles. The molecule has 3 rings (SSSR count). The average Bonchev–Trinajstić information content (AvgIpc) is 2.59. The van der Waals surface area contributed by atoms with Crippen molar-refractivity contribution < 1.29 is 19.0 Å². The van der Waals surface area contributed by atoms with Gasteiger partial charge in [-0.1, -0.05) is 30.0 Å². The lowest BCUT2D eigenvalue weighted by molar-refractivity contribution is -0.0592. The highest BCUT2D eigenvalue weighted by molar-refractivity contribution is 7.99. The van der Waals surface area contributed by atoms with E-state index in [1.54, 1.807) is 12.1 Å². The summed E-state index contributed by atoms with van der Waals surface area (Å²) in [4.78, 5) is 15.3. The van der Waals surface area contributed by atoms with E-state index in [9.17, 15) is 14.3 Å². The molecule has 0 bridgehead atoms. The van der Waals surface area contributed by atoms with Gasteiger partial charge in [0.15, 0.2) is 0 Å². The fourth-order valence-corrected chi connectivity index (χ4v) is 4.17. The zero-order valence-electron chi connectivity index (χ0n) is 13.9. The number of hydrogen-bond donors (Lipinski definition) is 1. The second kappa shape index (κ2) is 7.45. The van der Waals surface area contributed by atoms with E-state index >= 15 is 0 Å². The van der Waals surface area contributed by atoms with Gasteiger partial charge < -0.3 is 14.7 Å². The molecule has 0 unspecified atom stereocenters. The molecule has 6 heteroatoms. The van der Waals surface area contributed by atoms with E-state index in [4.69, 9.17) is 4.74 Å². The first-order valence-corrected chi connectivity index (χ1v) is 8.94. The van der Waals surface area contributed by atoms with Crippen molar-refractivity contribution in [2.45, 2.75) is 28.2 Å². The minimum absolute atomic E-state index is 0.279. The van der Waals surface area contributed by atoms with Gasteiger partial charge in [-0.05, 0) is 37.4 Å². The normalized spacial score (nSPS) is 17.2. The summed E-state index contributed by atoms with van der Waals surface area (Å²) in [6.07, 6.45) is -0.0423. The van der Waals surface area contributed by atoms with Gasteiger partial charge in [0.1, 0.15) is 11.4 Å². The Kier molecular flexibility index (Phi) is 5.30. The summed E-state index contributed by atoms with van der Waals surface area (Å²) in [6, 6.07) is 14.0. The molecule has 0 atom stereocenters. The zero-order chi connectivity index (χ0) is 17.9. The van der Waals surface area contributed by atoms with Gasteiger partial charge in [0.2, 0.25) is 0 Å². The maximum absolute atomic E-state index is 13.1. The number of carbonyl (C=O) groups is 1. The third kappa shape index (κ3) is 4.14. The number of ether oxygens (including phenoxy) is 1. The molecule has 4 nitrogen and oxygen atoms in total. The Morgan fingerprint density at radius 3 is 2.44 bits per heavy atom. The van der Waals surface area contributed by atoms with Gasteiger partial charge in [-0.2, -0.15) is 0 Å². The second-order valence-electron chi connectivity index (χ2n) is 6.22. The Hall–Kier alpha value is -2.05. The number of hydrogen-bond acceptors (Lipinski definition) is 4. The van der Waals surface area contributed by atoms with Crippen LogP contribution in [0.4, 0.5) is 9.18 Å². The second-order valence-corrected chi connectivity index (χ2v) is 7.33. The summed E-state index contributed by atoms with van der Waals surface area (Å²) in [5.74, 6) is -0.279. The van der Waals surface area contributed by atoms with Crippen molar-refractivity contribution in [3.05, 3.63) is 59.9 Å². The highest BCUT2D eigenvalue weighted by atomic mass is 32.2. The first kappa shape index (κ1) is 17.8. The van der Waals surface area contributed by atoms with Crippen molar-refractivity contribution in [1.82, 2.24) is 4.90 Å². The molecule has 132 valence electrons. The molecule has 25 heavy (non-hydrogen) atoms. The lowest BCUT2D eigenvalue weighted by Gasteiger charge is -2.40. The van der Waals surface area contributed by atoms with Crippen LogP contribution in [-0.4, -0.2) is 36.3 Å². The van der Waals surface area contributed by atoms with Crippen molar-refractivity contribution in [2.24, 2.45) is 0 Å². The van der Waals surface area contributed by atoms with Gasteiger partial charge >= 0.3 is 6.16 Å². The molecule has 1 aliphatic rings. The number of benzene rings is 2. The van der Waals surface area contributed by atoms with E-state index in [0.717, 1.165) is 28.4 Å². The Labute approximate surface area is 150 Å². The Bertz CT molecular complexity index is 743. The van der Waals surface area contributed by atoms with Crippen LogP contribution in [0.3, 0.4) is 0 Å². The van der Waals surface area contributed by atoms with Crippen molar-refractivity contribution in [2.75, 3.05) is 20.1 Å². The van der Waals surface area contributed by atoms with E-state index in [1.165, 1.54) is 23.9 Å². The third-order valence-electron chi connectivity index (χ3n) is 4.50. The fraction of sp³-hybridized carbons (Fsp3) is 0.316. The first-order valence-electron chi connectivity index (χ1n) is 8.12. The number of rotatable bonds is 4. The lowest BCUT2D eigenvalue weighted by Crippen LogP contribution is -2.44. The fourth-order valence-electron chi connectivity index (χ4n) is 3.13. The molecule has 0 aromatic heterocycles. The molecule has 2 aromatic carbocycles. The van der Waals surface area contributed by atoms with Gasteiger partial charge in [-0.25, -0.2) is 9.18 Å². The molecule has 0 radical (unpaired) electrons. The van der Waals surface area contributed by atoms with E-state index in [-0.39, 0.29) is 5.82 Å². The van der Waals surface area contributed by atoms with Gasteiger partial charge in [-0.3, -0.25) is 0 Å². The predicted octanol–water partition coefficient (Wildman–Crippen LogP) is 4.59. The van der Waals surface area contributed by atoms with E-state index in [0.29, 0.717) is 12.8 Å². The standard InChI is InChI=1S/C19H20FNO3S/c1-21-12-10-19(11-13-21,24-18(22)23)16-4-2-3-5-17(16)25-15-8-6-14(20)7-9-15/h2-9H,10-13H2,1H3,(H,22,23). The van der Waals surface area contributed by atoms with Gasteiger partial charge in [0.05, 0.1) is 0 Å². The van der Waals surface area contributed by atoms with E-state index < -0.39 is 11.8 Å². The number of carboxylic acid groups (broad SMARTS) is 1. The summed E-state index contributed by atoms with van der Waals surface area (Å²) < 4.78 is 18.6. The summed E-state index contributed by atoms with van der Waals surface area (Å²) in [5, 5.41) is 9.29. The molecule has 2 aromatic rings. The Morgan fingerprint density at radius 2 is 1.80 bits per heavy atom. The van der Waals surface area contributed by atoms with Crippen LogP contribution in [0.5, 0.6) is 0 Å². The molecule has 1 fully saturated rings. The van der Waals surface area contributed by atoms with Gasteiger partial charge in [0, 0.05) is 41.3 Å². The van der Waals surface area contributed by atoms with Crippen LogP contribution >= 0.6 is 11.8 Å². The predicted molar refractivity (Wildman–Crippen MR) is 94.5 cm³/mol. The summed E-state index contributed by atoms with van der Waals surface area (Å²) >= 11 is 1.49. The third-order valence-corrected chi connectivity index (χ3v) is 5.58. The van der Waals surface area contributed by atoms with Crippen LogP contribution in [0.1, 0.15) is 18.4 Å². The minimum atomic E-state index is -1.26. The van der Waals surface area contributed by atoms with Gasteiger partial charge in [-0.15, -0.1) is 0 Å². The quantitative estimate of drug-likeness (QED) is 0.807. The number of halogens is 1.